The van der Waals surface area contributed by atoms with Crippen molar-refractivity contribution in [1.29, 1.82) is 0 Å². The van der Waals surface area contributed by atoms with Crippen LogP contribution >= 0.6 is 28.6 Å². The maximum atomic E-state index is 11.1. The highest BCUT2D eigenvalue weighted by Gasteiger charge is 1.93. The Balaban J connectivity index is 3.03. The van der Waals surface area contributed by atoms with E-state index in [1.807, 2.05) is 0 Å². The summed E-state index contributed by atoms with van der Waals surface area (Å²) in [6.45, 7) is 0.654. The standard InChI is InChI=1S/C7H8BrNOS/c8-6-1-2-7(10)9(5-6)3-4-11/h1-2,5,11H,3-4H2. The Morgan fingerprint density at radius 3 is 2.91 bits per heavy atom. The molecule has 0 N–H and O–H groups in total. The summed E-state index contributed by atoms with van der Waals surface area (Å²) in [4.78, 5) is 11.1. The zero-order valence-electron chi connectivity index (χ0n) is 5.83. The van der Waals surface area contributed by atoms with Gasteiger partial charge in [0.05, 0.1) is 0 Å². The van der Waals surface area contributed by atoms with Gasteiger partial charge in [-0.15, -0.1) is 0 Å². The van der Waals surface area contributed by atoms with Crippen LogP contribution in [0.2, 0.25) is 0 Å². The third-order valence-corrected chi connectivity index (χ3v) is 1.96. The van der Waals surface area contributed by atoms with Crippen LogP contribution < -0.4 is 5.56 Å². The molecule has 1 heterocycles. The smallest absolute Gasteiger partial charge is 0.250 e. The van der Waals surface area contributed by atoms with Crippen molar-refractivity contribution in [3.8, 4) is 0 Å². The topological polar surface area (TPSA) is 22.0 Å². The van der Waals surface area contributed by atoms with E-state index in [0.29, 0.717) is 12.3 Å². The molecule has 60 valence electrons. The maximum Gasteiger partial charge on any atom is 0.250 e. The minimum Gasteiger partial charge on any atom is -0.314 e. The second-order valence-electron chi connectivity index (χ2n) is 2.10. The summed E-state index contributed by atoms with van der Waals surface area (Å²) < 4.78 is 2.54. The molecule has 0 spiro atoms. The molecule has 0 aliphatic heterocycles. The van der Waals surface area contributed by atoms with E-state index in [-0.39, 0.29) is 5.56 Å². The monoisotopic (exact) mass is 233 g/mol. The molecule has 0 saturated heterocycles. The molecule has 0 aliphatic carbocycles. The van der Waals surface area contributed by atoms with Crippen LogP contribution in [-0.4, -0.2) is 10.3 Å². The van der Waals surface area contributed by atoms with Crippen molar-refractivity contribution in [2.24, 2.45) is 0 Å². The van der Waals surface area contributed by atoms with Gasteiger partial charge in [-0.2, -0.15) is 12.6 Å². The molecule has 1 aromatic heterocycles. The van der Waals surface area contributed by atoms with E-state index < -0.39 is 0 Å². The molecule has 0 saturated carbocycles. The van der Waals surface area contributed by atoms with E-state index in [1.165, 1.54) is 6.07 Å². The summed E-state index contributed by atoms with van der Waals surface area (Å²) in [6, 6.07) is 3.27. The van der Waals surface area contributed by atoms with Gasteiger partial charge in [0.15, 0.2) is 0 Å². The first-order valence-corrected chi connectivity index (χ1v) is 4.63. The molecule has 2 nitrogen and oxygen atoms in total. The zero-order chi connectivity index (χ0) is 8.27. The van der Waals surface area contributed by atoms with Crippen LogP contribution in [0.1, 0.15) is 0 Å². The van der Waals surface area contributed by atoms with E-state index in [4.69, 9.17) is 0 Å². The van der Waals surface area contributed by atoms with Gasteiger partial charge >= 0.3 is 0 Å². The van der Waals surface area contributed by atoms with E-state index in [1.54, 1.807) is 16.8 Å². The third-order valence-electron chi connectivity index (χ3n) is 1.29. The van der Waals surface area contributed by atoms with Gasteiger partial charge in [-0.3, -0.25) is 4.79 Å². The predicted molar refractivity (Wildman–Crippen MR) is 52.3 cm³/mol. The van der Waals surface area contributed by atoms with Crippen LogP contribution in [0.3, 0.4) is 0 Å². The molecular formula is C7H8BrNOS. The fourth-order valence-corrected chi connectivity index (χ4v) is 1.38. The van der Waals surface area contributed by atoms with Gasteiger partial charge in [0.1, 0.15) is 0 Å². The lowest BCUT2D eigenvalue weighted by molar-refractivity contribution is 0.733. The molecule has 1 rings (SSSR count). The van der Waals surface area contributed by atoms with Gasteiger partial charge in [-0.25, -0.2) is 0 Å². The molecule has 11 heavy (non-hydrogen) atoms. The van der Waals surface area contributed by atoms with E-state index in [9.17, 15) is 4.79 Å². The van der Waals surface area contributed by atoms with Gasteiger partial charge in [0.2, 0.25) is 0 Å². The highest BCUT2D eigenvalue weighted by molar-refractivity contribution is 9.10. The van der Waals surface area contributed by atoms with Gasteiger partial charge in [0, 0.05) is 29.0 Å². The molecule has 0 fully saturated rings. The average molecular weight is 234 g/mol. The van der Waals surface area contributed by atoms with Crippen LogP contribution in [0.25, 0.3) is 0 Å². The van der Waals surface area contributed by atoms with Gasteiger partial charge in [0.25, 0.3) is 5.56 Å². The first-order chi connectivity index (χ1) is 5.24. The van der Waals surface area contributed by atoms with Gasteiger partial charge < -0.3 is 4.57 Å². The van der Waals surface area contributed by atoms with Crippen molar-refractivity contribution in [2.75, 3.05) is 5.75 Å². The lowest BCUT2D eigenvalue weighted by atomic mass is 10.5. The first kappa shape index (κ1) is 8.87. The first-order valence-electron chi connectivity index (χ1n) is 3.21. The fourth-order valence-electron chi connectivity index (χ4n) is 0.785. The number of thiol groups is 1. The van der Waals surface area contributed by atoms with Crippen molar-refractivity contribution in [3.63, 3.8) is 0 Å². The maximum absolute atomic E-state index is 11.1. The molecule has 0 amide bonds. The van der Waals surface area contributed by atoms with E-state index in [2.05, 4.69) is 28.6 Å². The fraction of sp³-hybridized carbons (Fsp3) is 0.286. The van der Waals surface area contributed by atoms with Crippen molar-refractivity contribution in [1.82, 2.24) is 4.57 Å². The minimum atomic E-state index is 0.0160. The SMILES string of the molecule is O=c1ccc(Br)cn1CCS. The second-order valence-corrected chi connectivity index (χ2v) is 3.47. The van der Waals surface area contributed by atoms with Crippen LogP contribution in [0, 0.1) is 0 Å². The normalized spacial score (nSPS) is 10.0. The number of aromatic nitrogens is 1. The molecule has 0 bridgehead atoms. The van der Waals surface area contributed by atoms with Crippen LogP contribution in [0.4, 0.5) is 0 Å². The summed E-state index contributed by atoms with van der Waals surface area (Å²) in [6.07, 6.45) is 1.76. The van der Waals surface area contributed by atoms with Crippen molar-refractivity contribution in [3.05, 3.63) is 33.2 Å². The summed E-state index contributed by atoms with van der Waals surface area (Å²) in [5.41, 5.74) is 0.0160. The Kier molecular flexibility index (Phi) is 3.20. The number of halogens is 1. The quantitative estimate of drug-likeness (QED) is 0.770. The van der Waals surface area contributed by atoms with Crippen molar-refractivity contribution in [2.45, 2.75) is 6.54 Å². The molecule has 0 unspecified atom stereocenters. The highest BCUT2D eigenvalue weighted by atomic mass is 79.9. The van der Waals surface area contributed by atoms with Gasteiger partial charge in [-0.1, -0.05) is 0 Å². The molecular weight excluding hydrogens is 226 g/mol. The zero-order valence-corrected chi connectivity index (χ0v) is 8.31. The summed E-state index contributed by atoms with van der Waals surface area (Å²) in [7, 11) is 0. The Morgan fingerprint density at radius 1 is 1.55 bits per heavy atom. The molecule has 4 heteroatoms. The Hall–Kier alpha value is -0.220. The Morgan fingerprint density at radius 2 is 2.27 bits per heavy atom. The van der Waals surface area contributed by atoms with Crippen LogP contribution in [0.5, 0.6) is 0 Å². The van der Waals surface area contributed by atoms with Gasteiger partial charge in [-0.05, 0) is 22.0 Å². The average Bonchev–Trinajstić information content (AvgIpc) is 1.98. The molecule has 0 aliphatic rings. The number of nitrogens with zero attached hydrogens (tertiary/aromatic N) is 1. The summed E-state index contributed by atoms with van der Waals surface area (Å²) in [5.74, 6) is 0.677. The minimum absolute atomic E-state index is 0.0160. The lowest BCUT2D eigenvalue weighted by Gasteiger charge is -2.01. The molecule has 1 aromatic rings. The Labute approximate surface area is 78.8 Å². The number of aryl methyl sites for hydroxylation is 1. The van der Waals surface area contributed by atoms with E-state index in [0.717, 1.165) is 4.47 Å². The lowest BCUT2D eigenvalue weighted by Crippen LogP contribution is -2.18. The second kappa shape index (κ2) is 3.97. The number of hydrogen-bond donors (Lipinski definition) is 1. The highest BCUT2D eigenvalue weighted by Crippen LogP contribution is 2.04. The number of pyridine rings is 1. The predicted octanol–water partition coefficient (Wildman–Crippen LogP) is 1.54. The Bertz CT molecular complexity index is 297. The number of hydrogen-bond acceptors (Lipinski definition) is 2. The largest absolute Gasteiger partial charge is 0.314 e. The summed E-state index contributed by atoms with van der Waals surface area (Å²) >= 11 is 7.32. The van der Waals surface area contributed by atoms with E-state index >= 15 is 0 Å². The van der Waals surface area contributed by atoms with Crippen molar-refractivity contribution >= 4 is 28.6 Å². The molecule has 0 radical (unpaired) electrons. The molecule has 0 aromatic carbocycles. The van der Waals surface area contributed by atoms with Crippen molar-refractivity contribution < 1.29 is 0 Å². The summed E-state index contributed by atoms with van der Waals surface area (Å²) in [5, 5.41) is 0. The number of rotatable bonds is 2. The third kappa shape index (κ3) is 2.38. The van der Waals surface area contributed by atoms with Crippen LogP contribution in [-0.2, 0) is 6.54 Å². The van der Waals surface area contributed by atoms with Crippen LogP contribution in [0.15, 0.2) is 27.6 Å². The molecule has 0 atom stereocenters.